The Morgan fingerprint density at radius 2 is 1.92 bits per heavy atom. The third-order valence-electron chi connectivity index (χ3n) is 4.60. The molecule has 11 heteroatoms. The quantitative estimate of drug-likeness (QED) is 0.592. The number of benzene rings is 1. The first-order valence-corrected chi connectivity index (χ1v) is 9.58. The summed E-state index contributed by atoms with van der Waals surface area (Å²) in [4.78, 5) is 10.3. The van der Waals surface area contributed by atoms with E-state index >= 15 is 0 Å². The number of hydrogen-bond donors (Lipinski definition) is 1. The molecule has 2 aliphatic heterocycles. The van der Waals surface area contributed by atoms with Gasteiger partial charge in [0.15, 0.2) is 16.4 Å². The lowest BCUT2D eigenvalue weighted by molar-refractivity contribution is -0.388. The summed E-state index contributed by atoms with van der Waals surface area (Å²) in [6.45, 7) is 2.94. The maximum absolute atomic E-state index is 13.1. The molecule has 1 aromatic rings. The van der Waals surface area contributed by atoms with Gasteiger partial charge in [-0.05, 0) is 25.7 Å². The minimum Gasteiger partial charge on any atom is -0.486 e. The van der Waals surface area contributed by atoms with E-state index in [1.807, 2.05) is 6.92 Å². The van der Waals surface area contributed by atoms with Crippen LogP contribution in [0.3, 0.4) is 0 Å². The number of nitro benzene ring substituents is 1. The maximum Gasteiger partial charge on any atom is 0.293 e. The van der Waals surface area contributed by atoms with E-state index in [9.17, 15) is 18.5 Å². The van der Waals surface area contributed by atoms with E-state index in [1.54, 1.807) is 0 Å². The van der Waals surface area contributed by atoms with E-state index in [0.29, 0.717) is 13.0 Å². The van der Waals surface area contributed by atoms with Crippen molar-refractivity contribution in [3.05, 3.63) is 22.2 Å². The third kappa shape index (κ3) is 3.88. The highest BCUT2D eigenvalue weighted by Gasteiger charge is 2.37. The molecule has 2 unspecified atom stereocenters. The van der Waals surface area contributed by atoms with Crippen molar-refractivity contribution < 1.29 is 22.8 Å². The highest BCUT2D eigenvalue weighted by molar-refractivity contribution is 7.89. The monoisotopic (exact) mass is 407 g/mol. The van der Waals surface area contributed by atoms with E-state index in [4.69, 9.17) is 15.2 Å². The normalized spacial score (nSPS) is 21.5. The molecule has 0 aliphatic carbocycles. The van der Waals surface area contributed by atoms with Crippen molar-refractivity contribution in [3.8, 4) is 11.5 Å². The van der Waals surface area contributed by atoms with E-state index in [1.165, 1.54) is 10.4 Å². The second-order valence-corrected chi connectivity index (χ2v) is 8.25. The minimum atomic E-state index is -4.04. The SMILES string of the molecule is CC(N)C1CCCN(S(=O)(=O)c2cc3c(cc2[N+](=O)[O-])OCCO3)C1.Cl. The molecule has 0 amide bonds. The summed E-state index contributed by atoms with van der Waals surface area (Å²) in [6, 6.07) is 2.17. The standard InChI is InChI=1S/C15H21N3O6S.ClH/c1-10(16)11-3-2-4-17(9-11)25(21,22)15-8-14-13(23-5-6-24-14)7-12(15)18(19)20;/h7-8,10-11H,2-6,9,16H2,1H3;1H. The van der Waals surface area contributed by atoms with Gasteiger partial charge in [0.25, 0.3) is 5.69 Å². The molecule has 1 fully saturated rings. The van der Waals surface area contributed by atoms with Gasteiger partial charge in [-0.3, -0.25) is 10.1 Å². The Bertz CT molecular complexity index is 786. The molecule has 0 saturated carbocycles. The van der Waals surface area contributed by atoms with E-state index in [-0.39, 0.29) is 60.5 Å². The molecular formula is C15H22ClN3O6S. The van der Waals surface area contributed by atoms with Gasteiger partial charge in [-0.1, -0.05) is 0 Å². The zero-order valence-electron chi connectivity index (χ0n) is 14.3. The fourth-order valence-electron chi connectivity index (χ4n) is 3.17. The van der Waals surface area contributed by atoms with Crippen LogP contribution in [-0.2, 0) is 10.0 Å². The Hall–Kier alpha value is -1.62. The summed E-state index contributed by atoms with van der Waals surface area (Å²) in [6.07, 6.45) is 1.51. The second-order valence-electron chi connectivity index (χ2n) is 6.35. The fourth-order valence-corrected chi connectivity index (χ4v) is 4.86. The Kier molecular flexibility index (Phi) is 6.33. The number of hydrogen-bond acceptors (Lipinski definition) is 7. The van der Waals surface area contributed by atoms with Gasteiger partial charge in [0.2, 0.25) is 10.0 Å². The van der Waals surface area contributed by atoms with Crippen LogP contribution in [0, 0.1) is 16.0 Å². The number of rotatable bonds is 4. The minimum absolute atomic E-state index is 0. The molecule has 26 heavy (non-hydrogen) atoms. The molecule has 2 N–H and O–H groups in total. The van der Waals surface area contributed by atoms with Crippen LogP contribution in [-0.4, -0.2) is 50.0 Å². The number of ether oxygens (including phenoxy) is 2. The van der Waals surface area contributed by atoms with Crippen molar-refractivity contribution in [3.63, 3.8) is 0 Å². The van der Waals surface area contributed by atoms with Gasteiger partial charge in [-0.25, -0.2) is 8.42 Å². The van der Waals surface area contributed by atoms with Crippen LogP contribution in [0.5, 0.6) is 11.5 Å². The number of nitrogens with zero attached hydrogens (tertiary/aromatic N) is 2. The average molecular weight is 408 g/mol. The lowest BCUT2D eigenvalue weighted by atomic mass is 9.93. The topological polar surface area (TPSA) is 125 Å². The van der Waals surface area contributed by atoms with Gasteiger partial charge in [0.1, 0.15) is 13.2 Å². The molecule has 146 valence electrons. The largest absolute Gasteiger partial charge is 0.486 e. The fraction of sp³-hybridized carbons (Fsp3) is 0.600. The van der Waals surface area contributed by atoms with Gasteiger partial charge in [0.05, 0.1) is 11.0 Å². The molecular weight excluding hydrogens is 386 g/mol. The lowest BCUT2D eigenvalue weighted by Crippen LogP contribution is -2.45. The Morgan fingerprint density at radius 3 is 2.50 bits per heavy atom. The molecule has 2 heterocycles. The van der Waals surface area contributed by atoms with Crippen molar-refractivity contribution in [2.24, 2.45) is 11.7 Å². The summed E-state index contributed by atoms with van der Waals surface area (Å²) in [5.74, 6) is 0.417. The van der Waals surface area contributed by atoms with E-state index in [0.717, 1.165) is 12.5 Å². The number of nitrogens with two attached hydrogens (primary N) is 1. The Balaban J connectivity index is 0.00000243. The van der Waals surface area contributed by atoms with Crippen molar-refractivity contribution in [2.45, 2.75) is 30.7 Å². The van der Waals surface area contributed by atoms with Crippen LogP contribution in [0.25, 0.3) is 0 Å². The molecule has 9 nitrogen and oxygen atoms in total. The zero-order chi connectivity index (χ0) is 18.2. The molecule has 1 aromatic carbocycles. The Morgan fingerprint density at radius 1 is 1.31 bits per heavy atom. The van der Waals surface area contributed by atoms with Crippen molar-refractivity contribution in [2.75, 3.05) is 26.3 Å². The first kappa shape index (κ1) is 20.7. The van der Waals surface area contributed by atoms with Gasteiger partial charge >= 0.3 is 0 Å². The van der Waals surface area contributed by atoms with E-state index < -0.39 is 20.6 Å². The molecule has 0 aromatic heterocycles. The van der Waals surface area contributed by atoms with Crippen LogP contribution in [0.1, 0.15) is 19.8 Å². The van der Waals surface area contributed by atoms with Crippen LogP contribution in [0.2, 0.25) is 0 Å². The molecule has 2 aliphatic rings. The highest BCUT2D eigenvalue weighted by atomic mass is 35.5. The lowest BCUT2D eigenvalue weighted by Gasteiger charge is -2.33. The zero-order valence-corrected chi connectivity index (χ0v) is 15.9. The van der Waals surface area contributed by atoms with E-state index in [2.05, 4.69) is 0 Å². The summed E-state index contributed by atoms with van der Waals surface area (Å²) in [5, 5.41) is 11.4. The first-order valence-electron chi connectivity index (χ1n) is 8.14. The Labute approximate surface area is 158 Å². The number of fused-ring (bicyclic) bond motifs is 1. The predicted molar refractivity (Wildman–Crippen MR) is 96.5 cm³/mol. The number of piperidine rings is 1. The number of nitro groups is 1. The summed E-state index contributed by atoms with van der Waals surface area (Å²) < 4.78 is 38.1. The molecule has 1 saturated heterocycles. The highest BCUT2D eigenvalue weighted by Crippen LogP contribution is 2.40. The van der Waals surface area contributed by atoms with Crippen molar-refractivity contribution >= 4 is 28.1 Å². The second kappa shape index (κ2) is 7.95. The summed E-state index contributed by atoms with van der Waals surface area (Å²) >= 11 is 0. The molecule has 2 atom stereocenters. The average Bonchev–Trinajstić information content (AvgIpc) is 2.60. The molecule has 0 bridgehead atoms. The number of halogens is 1. The van der Waals surface area contributed by atoms with Gasteiger partial charge in [-0.2, -0.15) is 4.31 Å². The van der Waals surface area contributed by atoms with Gasteiger partial charge in [-0.15, -0.1) is 12.4 Å². The third-order valence-corrected chi connectivity index (χ3v) is 6.50. The molecule has 0 spiro atoms. The molecule has 0 radical (unpaired) electrons. The summed E-state index contributed by atoms with van der Waals surface area (Å²) in [5.41, 5.74) is 5.41. The smallest absolute Gasteiger partial charge is 0.293 e. The first-order chi connectivity index (χ1) is 11.8. The van der Waals surface area contributed by atoms with Crippen LogP contribution < -0.4 is 15.2 Å². The van der Waals surface area contributed by atoms with Crippen molar-refractivity contribution in [1.82, 2.24) is 4.31 Å². The number of sulfonamides is 1. The summed E-state index contributed by atoms with van der Waals surface area (Å²) in [7, 11) is -4.04. The predicted octanol–water partition coefficient (Wildman–Crippen LogP) is 1.54. The van der Waals surface area contributed by atoms with Gasteiger partial charge < -0.3 is 15.2 Å². The maximum atomic E-state index is 13.1. The van der Waals surface area contributed by atoms with Crippen LogP contribution in [0.15, 0.2) is 17.0 Å². The van der Waals surface area contributed by atoms with Gasteiger partial charge in [0, 0.05) is 25.2 Å². The van der Waals surface area contributed by atoms with Crippen molar-refractivity contribution in [1.29, 1.82) is 0 Å². The molecule has 3 rings (SSSR count). The van der Waals surface area contributed by atoms with Crippen LogP contribution >= 0.6 is 12.4 Å². The van der Waals surface area contributed by atoms with Crippen LogP contribution in [0.4, 0.5) is 5.69 Å².